The van der Waals surface area contributed by atoms with E-state index < -0.39 is 54.2 Å². The Bertz CT molecular complexity index is 1130. The van der Waals surface area contributed by atoms with Crippen molar-refractivity contribution >= 4 is 17.6 Å². The van der Waals surface area contributed by atoms with Gasteiger partial charge in [-0.1, -0.05) is 23.7 Å². The second-order valence-corrected chi connectivity index (χ2v) is 10.5. The number of hydrogen-bond donors (Lipinski definition) is 6. The Labute approximate surface area is 229 Å². The zero-order valence-electron chi connectivity index (χ0n) is 21.1. The minimum atomic E-state index is -1.90. The van der Waals surface area contributed by atoms with Crippen molar-refractivity contribution in [3.63, 3.8) is 0 Å². The summed E-state index contributed by atoms with van der Waals surface area (Å²) in [5.74, 6) is -2.47. The molecular weight excluding hydrogens is 537 g/mol. The molecule has 214 valence electrons. The van der Waals surface area contributed by atoms with Gasteiger partial charge in [0.2, 0.25) is 6.29 Å². The van der Waals surface area contributed by atoms with Crippen LogP contribution in [0.15, 0.2) is 42.5 Å². The lowest BCUT2D eigenvalue weighted by Gasteiger charge is -2.39. The molecule has 6 atom stereocenters. The number of halogens is 2. The summed E-state index contributed by atoms with van der Waals surface area (Å²) < 4.78 is 24.7. The summed E-state index contributed by atoms with van der Waals surface area (Å²) in [4.78, 5) is 13.5. The number of carboxylic acid groups (broad SMARTS) is 1. The molecule has 2 fully saturated rings. The van der Waals surface area contributed by atoms with E-state index in [-0.39, 0.29) is 17.7 Å². The summed E-state index contributed by atoms with van der Waals surface area (Å²) in [6, 6.07) is 10.6. The van der Waals surface area contributed by atoms with Crippen LogP contribution in [0.5, 0.6) is 5.75 Å². The lowest BCUT2D eigenvalue weighted by Crippen LogP contribution is -2.61. The Morgan fingerprint density at radius 1 is 1.10 bits per heavy atom. The van der Waals surface area contributed by atoms with Gasteiger partial charge in [0.05, 0.1) is 11.7 Å². The van der Waals surface area contributed by atoms with Crippen LogP contribution in [-0.2, 0) is 15.1 Å². The standard InChI is InChI=1S/C27H33ClFNO9/c28-16-5-3-15(4-6-16)27(37)9-12-30(13-10-27)11-1-2-19(31)18-8-7-17(29)14-20(18)38-26-23(34)21(32)22(33)24(39-26)25(35)36/h3-8,14,19,21-24,26,31-34,37H,1-2,9-13H2,(H,35,36)/t19-,21+,22+,23-,24+,26-/m1/s1. The molecule has 0 aliphatic carbocycles. The lowest BCUT2D eigenvalue weighted by atomic mass is 9.84. The molecule has 10 nitrogen and oxygen atoms in total. The van der Waals surface area contributed by atoms with Gasteiger partial charge in [-0.3, -0.25) is 0 Å². The number of carboxylic acids is 1. The number of nitrogens with zero attached hydrogens (tertiary/aromatic N) is 1. The number of rotatable bonds is 9. The topological polar surface area (TPSA) is 160 Å². The van der Waals surface area contributed by atoms with Crippen molar-refractivity contribution in [3.8, 4) is 5.75 Å². The minimum Gasteiger partial charge on any atom is -0.479 e. The number of aliphatic hydroxyl groups is 5. The quantitative estimate of drug-likeness (QED) is 0.261. The molecule has 2 saturated heterocycles. The Kier molecular flexibility index (Phi) is 9.45. The molecule has 2 aromatic rings. The van der Waals surface area contributed by atoms with Crippen molar-refractivity contribution < 1.29 is 49.3 Å². The van der Waals surface area contributed by atoms with Crippen molar-refractivity contribution in [2.24, 2.45) is 0 Å². The van der Waals surface area contributed by atoms with Crippen LogP contribution >= 0.6 is 11.6 Å². The Hall–Kier alpha value is -2.35. The van der Waals surface area contributed by atoms with Crippen LogP contribution in [0.1, 0.15) is 42.9 Å². The van der Waals surface area contributed by atoms with Crippen molar-refractivity contribution in [3.05, 3.63) is 64.4 Å². The van der Waals surface area contributed by atoms with E-state index in [4.69, 9.17) is 21.1 Å². The highest BCUT2D eigenvalue weighted by Gasteiger charge is 2.48. The first-order chi connectivity index (χ1) is 18.5. The maximum atomic E-state index is 14.0. The monoisotopic (exact) mass is 569 g/mol. The molecule has 12 heteroatoms. The number of likely N-dealkylation sites (tertiary alicyclic amines) is 1. The van der Waals surface area contributed by atoms with Crippen molar-refractivity contribution in [2.75, 3.05) is 19.6 Å². The second kappa shape index (κ2) is 12.4. The highest BCUT2D eigenvalue weighted by molar-refractivity contribution is 6.30. The van der Waals surface area contributed by atoms with Gasteiger partial charge in [-0.15, -0.1) is 0 Å². The molecule has 0 spiro atoms. The fraction of sp³-hybridized carbons (Fsp3) is 0.519. The van der Waals surface area contributed by atoms with E-state index in [0.29, 0.717) is 43.9 Å². The van der Waals surface area contributed by atoms with Crippen LogP contribution in [0.3, 0.4) is 0 Å². The lowest BCUT2D eigenvalue weighted by molar-refractivity contribution is -0.271. The smallest absolute Gasteiger partial charge is 0.335 e. The summed E-state index contributed by atoms with van der Waals surface area (Å²) >= 11 is 5.95. The Balaban J connectivity index is 1.33. The predicted molar refractivity (Wildman–Crippen MR) is 137 cm³/mol. The van der Waals surface area contributed by atoms with Crippen LogP contribution in [-0.4, -0.2) is 91.8 Å². The van der Waals surface area contributed by atoms with E-state index in [1.165, 1.54) is 6.07 Å². The number of aliphatic hydroxyl groups excluding tert-OH is 4. The van der Waals surface area contributed by atoms with Crippen LogP contribution < -0.4 is 4.74 Å². The summed E-state index contributed by atoms with van der Waals surface area (Å²) in [7, 11) is 0. The first kappa shape index (κ1) is 29.6. The molecule has 4 rings (SSSR count). The zero-order valence-corrected chi connectivity index (χ0v) is 21.8. The normalized spacial score (nSPS) is 28.1. The first-order valence-electron chi connectivity index (χ1n) is 12.8. The van der Waals surface area contributed by atoms with Gasteiger partial charge in [-0.25, -0.2) is 9.18 Å². The molecule has 0 aromatic heterocycles. The highest BCUT2D eigenvalue weighted by Crippen LogP contribution is 2.35. The third-order valence-corrected chi connectivity index (χ3v) is 7.66. The summed E-state index contributed by atoms with van der Waals surface area (Å²) in [5.41, 5.74) is 0.0979. The molecule has 0 bridgehead atoms. The second-order valence-electron chi connectivity index (χ2n) is 10.1. The van der Waals surface area contributed by atoms with Gasteiger partial charge >= 0.3 is 5.97 Å². The molecule has 2 aliphatic heterocycles. The molecule has 2 aromatic carbocycles. The Morgan fingerprint density at radius 3 is 2.41 bits per heavy atom. The molecule has 2 heterocycles. The molecule has 6 N–H and O–H groups in total. The van der Waals surface area contributed by atoms with E-state index in [1.54, 1.807) is 12.1 Å². The average molecular weight is 570 g/mol. The number of benzene rings is 2. The zero-order chi connectivity index (χ0) is 28.3. The Morgan fingerprint density at radius 2 is 1.77 bits per heavy atom. The number of carbonyl (C=O) groups is 1. The fourth-order valence-electron chi connectivity index (χ4n) is 5.02. The molecule has 0 saturated carbocycles. The van der Waals surface area contributed by atoms with Gasteiger partial charge < -0.3 is 45.0 Å². The number of piperidine rings is 1. The molecule has 39 heavy (non-hydrogen) atoms. The number of hydrogen-bond acceptors (Lipinski definition) is 9. The molecule has 2 aliphatic rings. The van der Waals surface area contributed by atoms with Gasteiger partial charge in [0.15, 0.2) is 6.10 Å². The van der Waals surface area contributed by atoms with Crippen molar-refractivity contribution in [2.45, 2.75) is 68.1 Å². The summed E-state index contributed by atoms with van der Waals surface area (Å²) in [5, 5.41) is 61.9. The van der Waals surface area contributed by atoms with E-state index in [0.717, 1.165) is 17.7 Å². The van der Waals surface area contributed by atoms with E-state index in [1.807, 2.05) is 12.1 Å². The van der Waals surface area contributed by atoms with Crippen LogP contribution in [0, 0.1) is 5.82 Å². The summed E-state index contributed by atoms with van der Waals surface area (Å²) in [6.07, 6.45) is -8.33. The fourth-order valence-corrected chi connectivity index (χ4v) is 5.15. The maximum absolute atomic E-state index is 14.0. The highest BCUT2D eigenvalue weighted by atomic mass is 35.5. The van der Waals surface area contributed by atoms with Crippen LogP contribution in [0.2, 0.25) is 5.02 Å². The van der Waals surface area contributed by atoms with E-state index in [9.17, 15) is 39.8 Å². The van der Waals surface area contributed by atoms with Gasteiger partial charge in [0.25, 0.3) is 0 Å². The molecule has 0 amide bonds. The number of aliphatic carboxylic acids is 1. The van der Waals surface area contributed by atoms with Crippen molar-refractivity contribution in [1.29, 1.82) is 0 Å². The van der Waals surface area contributed by atoms with Gasteiger partial charge in [0, 0.05) is 29.7 Å². The predicted octanol–water partition coefficient (Wildman–Crippen LogP) is 1.55. The largest absolute Gasteiger partial charge is 0.479 e. The van der Waals surface area contributed by atoms with Gasteiger partial charge in [-0.2, -0.15) is 0 Å². The van der Waals surface area contributed by atoms with Gasteiger partial charge in [0.1, 0.15) is 29.9 Å². The maximum Gasteiger partial charge on any atom is 0.335 e. The van der Waals surface area contributed by atoms with Crippen molar-refractivity contribution in [1.82, 2.24) is 4.90 Å². The molecule has 0 radical (unpaired) electrons. The first-order valence-corrected chi connectivity index (χ1v) is 13.1. The van der Waals surface area contributed by atoms with E-state index >= 15 is 0 Å². The van der Waals surface area contributed by atoms with Crippen LogP contribution in [0.25, 0.3) is 0 Å². The van der Waals surface area contributed by atoms with Gasteiger partial charge in [-0.05, 0) is 62.1 Å². The number of ether oxygens (including phenoxy) is 2. The molecule has 0 unspecified atom stereocenters. The minimum absolute atomic E-state index is 0.190. The third-order valence-electron chi connectivity index (χ3n) is 7.41. The third kappa shape index (κ3) is 6.87. The molecular formula is C27H33ClFNO9. The van der Waals surface area contributed by atoms with Crippen LogP contribution in [0.4, 0.5) is 4.39 Å². The SMILES string of the molecule is O=C(O)[C@H]1O[C@@H](Oc2cc(F)ccc2[C@H](O)CCCN2CCC(O)(c3ccc(Cl)cc3)CC2)[C@H](O)[C@@H](O)[C@@H]1O. The van der Waals surface area contributed by atoms with E-state index in [2.05, 4.69) is 4.90 Å². The average Bonchev–Trinajstić information content (AvgIpc) is 2.90. The summed E-state index contributed by atoms with van der Waals surface area (Å²) in [6.45, 7) is 1.98.